The molecule has 0 unspecified atom stereocenters. The lowest BCUT2D eigenvalue weighted by molar-refractivity contribution is -0.384. The lowest BCUT2D eigenvalue weighted by atomic mass is 10.2. The quantitative estimate of drug-likeness (QED) is 0.684. The van der Waals surface area contributed by atoms with E-state index in [-0.39, 0.29) is 21.4 Å². The van der Waals surface area contributed by atoms with Gasteiger partial charge in [0.25, 0.3) is 5.69 Å². The second kappa shape index (κ2) is 3.69. The lowest BCUT2D eigenvalue weighted by Gasteiger charge is -2.13. The van der Waals surface area contributed by atoms with Crippen molar-refractivity contribution < 1.29 is 9.31 Å². The molecule has 0 radical (unpaired) electrons. The van der Waals surface area contributed by atoms with Gasteiger partial charge in [0.1, 0.15) is 11.5 Å². The van der Waals surface area contributed by atoms with E-state index < -0.39 is 10.7 Å². The third kappa shape index (κ3) is 2.16. The van der Waals surface area contributed by atoms with E-state index in [9.17, 15) is 14.5 Å². The predicted octanol–water partition coefficient (Wildman–Crippen LogP) is 3.46. The molecule has 1 aliphatic rings. The standard InChI is InChI=1S/C10H10BrFN2O2/c1-10(2-3-10)13-8-5-7(12)6(11)4-9(8)14(15)16/h4-5,13H,2-3H2,1H3. The van der Waals surface area contributed by atoms with E-state index >= 15 is 0 Å². The molecule has 0 heterocycles. The lowest BCUT2D eigenvalue weighted by Crippen LogP contribution is -2.17. The van der Waals surface area contributed by atoms with E-state index in [0.717, 1.165) is 18.9 Å². The predicted molar refractivity (Wildman–Crippen MR) is 62.0 cm³/mol. The Morgan fingerprint density at radius 1 is 1.56 bits per heavy atom. The summed E-state index contributed by atoms with van der Waals surface area (Å²) in [6.07, 6.45) is 1.89. The van der Waals surface area contributed by atoms with Crippen LogP contribution in [0.5, 0.6) is 0 Å². The first kappa shape index (κ1) is 11.3. The highest BCUT2D eigenvalue weighted by atomic mass is 79.9. The van der Waals surface area contributed by atoms with Gasteiger partial charge in [0.05, 0.1) is 9.40 Å². The van der Waals surface area contributed by atoms with E-state index in [4.69, 9.17) is 0 Å². The van der Waals surface area contributed by atoms with Crippen LogP contribution in [0.3, 0.4) is 0 Å². The Kier molecular flexibility index (Phi) is 2.61. The number of anilines is 1. The molecule has 0 atom stereocenters. The van der Waals surface area contributed by atoms with Crippen molar-refractivity contribution in [1.29, 1.82) is 0 Å². The van der Waals surface area contributed by atoms with Crippen molar-refractivity contribution in [2.45, 2.75) is 25.3 Å². The summed E-state index contributed by atoms with van der Waals surface area (Å²) >= 11 is 2.94. The van der Waals surface area contributed by atoms with Crippen LogP contribution in [-0.2, 0) is 0 Å². The Bertz CT molecular complexity index is 460. The van der Waals surface area contributed by atoms with Gasteiger partial charge in [-0.25, -0.2) is 4.39 Å². The van der Waals surface area contributed by atoms with Crippen molar-refractivity contribution in [3.63, 3.8) is 0 Å². The van der Waals surface area contributed by atoms with Gasteiger partial charge in [0.2, 0.25) is 0 Å². The minimum atomic E-state index is -0.516. The summed E-state index contributed by atoms with van der Waals surface area (Å²) in [5.41, 5.74) is 0.0116. The Morgan fingerprint density at radius 3 is 2.69 bits per heavy atom. The first-order valence-corrected chi connectivity index (χ1v) is 5.62. The molecule has 6 heteroatoms. The molecular weight excluding hydrogens is 279 g/mol. The van der Waals surface area contributed by atoms with Crippen molar-refractivity contribution in [2.24, 2.45) is 0 Å². The van der Waals surface area contributed by atoms with Gasteiger partial charge in [-0.3, -0.25) is 10.1 Å². The highest BCUT2D eigenvalue weighted by molar-refractivity contribution is 9.10. The molecule has 1 aliphatic carbocycles. The van der Waals surface area contributed by atoms with Crippen molar-refractivity contribution >= 4 is 27.3 Å². The van der Waals surface area contributed by atoms with Crippen molar-refractivity contribution in [3.05, 3.63) is 32.5 Å². The summed E-state index contributed by atoms with van der Waals surface area (Å²) in [7, 11) is 0. The number of benzene rings is 1. The van der Waals surface area contributed by atoms with Crippen molar-refractivity contribution in [1.82, 2.24) is 0 Å². The second-order valence-corrected chi connectivity index (χ2v) is 5.08. The Hall–Kier alpha value is -1.17. The SMILES string of the molecule is CC1(Nc2cc(F)c(Br)cc2[N+](=O)[O-])CC1. The molecule has 0 amide bonds. The summed E-state index contributed by atoms with van der Waals surface area (Å²) in [4.78, 5) is 10.3. The fourth-order valence-electron chi connectivity index (χ4n) is 1.43. The maximum Gasteiger partial charge on any atom is 0.293 e. The Labute approximate surface area is 100 Å². The number of rotatable bonds is 3. The molecule has 0 bridgehead atoms. The zero-order valence-electron chi connectivity index (χ0n) is 8.59. The summed E-state index contributed by atoms with van der Waals surface area (Å²) in [5.74, 6) is -0.502. The van der Waals surface area contributed by atoms with E-state index in [2.05, 4.69) is 21.2 Å². The van der Waals surface area contributed by atoms with Gasteiger partial charge >= 0.3 is 0 Å². The van der Waals surface area contributed by atoms with Gasteiger partial charge in [-0.15, -0.1) is 0 Å². The maximum atomic E-state index is 13.3. The number of nitro benzene ring substituents is 1. The van der Waals surface area contributed by atoms with Gasteiger partial charge in [0.15, 0.2) is 0 Å². The van der Waals surface area contributed by atoms with Gasteiger partial charge < -0.3 is 5.32 Å². The van der Waals surface area contributed by atoms with E-state index in [1.165, 1.54) is 6.07 Å². The molecule has 2 rings (SSSR count). The van der Waals surface area contributed by atoms with Crippen LogP contribution < -0.4 is 5.32 Å². The molecule has 0 aliphatic heterocycles. The van der Waals surface area contributed by atoms with Crippen molar-refractivity contribution in [3.8, 4) is 0 Å². The molecule has 16 heavy (non-hydrogen) atoms. The molecule has 86 valence electrons. The summed E-state index contributed by atoms with van der Waals surface area (Å²) < 4.78 is 13.4. The Balaban J connectivity index is 2.41. The monoisotopic (exact) mass is 288 g/mol. The normalized spacial score (nSPS) is 16.9. The largest absolute Gasteiger partial charge is 0.374 e. The molecule has 0 saturated heterocycles. The zero-order valence-corrected chi connectivity index (χ0v) is 10.2. The summed E-state index contributed by atoms with van der Waals surface area (Å²) in [6.45, 7) is 1.96. The van der Waals surface area contributed by atoms with Gasteiger partial charge in [-0.1, -0.05) is 0 Å². The fourth-order valence-corrected chi connectivity index (χ4v) is 1.76. The minimum Gasteiger partial charge on any atom is -0.374 e. The topological polar surface area (TPSA) is 55.2 Å². The van der Waals surface area contributed by atoms with Crippen LogP contribution in [0.1, 0.15) is 19.8 Å². The molecular formula is C10H10BrFN2O2. The molecule has 1 aromatic rings. The smallest absolute Gasteiger partial charge is 0.293 e. The molecule has 4 nitrogen and oxygen atoms in total. The number of nitro groups is 1. The molecule has 0 aromatic heterocycles. The first-order valence-electron chi connectivity index (χ1n) is 4.83. The summed E-state index contributed by atoms with van der Waals surface area (Å²) in [6, 6.07) is 2.34. The number of hydrogen-bond donors (Lipinski definition) is 1. The Morgan fingerprint density at radius 2 is 2.19 bits per heavy atom. The zero-order chi connectivity index (χ0) is 11.9. The number of halogens is 2. The molecule has 1 N–H and O–H groups in total. The fraction of sp³-hybridized carbons (Fsp3) is 0.400. The van der Waals surface area contributed by atoms with E-state index in [1.807, 2.05) is 6.92 Å². The van der Waals surface area contributed by atoms with Gasteiger partial charge in [0, 0.05) is 17.7 Å². The average molecular weight is 289 g/mol. The minimum absolute atomic E-state index is 0.103. The van der Waals surface area contributed by atoms with Crippen LogP contribution in [0.15, 0.2) is 16.6 Å². The highest BCUT2D eigenvalue weighted by Crippen LogP contribution is 2.41. The maximum absolute atomic E-state index is 13.3. The number of nitrogens with one attached hydrogen (secondary N) is 1. The highest BCUT2D eigenvalue weighted by Gasteiger charge is 2.38. The van der Waals surface area contributed by atoms with E-state index in [1.54, 1.807) is 0 Å². The molecule has 0 spiro atoms. The number of nitrogens with zero attached hydrogens (tertiary/aromatic N) is 1. The van der Waals surface area contributed by atoms with Crippen LogP contribution in [0.4, 0.5) is 15.8 Å². The number of hydrogen-bond acceptors (Lipinski definition) is 3. The van der Waals surface area contributed by atoms with Crippen LogP contribution in [0.2, 0.25) is 0 Å². The van der Waals surface area contributed by atoms with Crippen molar-refractivity contribution in [2.75, 3.05) is 5.32 Å². The van der Waals surface area contributed by atoms with Crippen LogP contribution in [-0.4, -0.2) is 10.5 Å². The average Bonchev–Trinajstić information content (AvgIpc) is 2.89. The van der Waals surface area contributed by atoms with Crippen LogP contribution in [0, 0.1) is 15.9 Å². The third-order valence-corrected chi connectivity index (χ3v) is 3.28. The third-order valence-electron chi connectivity index (χ3n) is 2.67. The molecule has 1 aromatic carbocycles. The van der Waals surface area contributed by atoms with Crippen LogP contribution in [0.25, 0.3) is 0 Å². The second-order valence-electron chi connectivity index (χ2n) is 4.23. The molecule has 1 fully saturated rings. The van der Waals surface area contributed by atoms with Gasteiger partial charge in [-0.2, -0.15) is 0 Å². The van der Waals surface area contributed by atoms with Crippen LogP contribution >= 0.6 is 15.9 Å². The molecule has 1 saturated carbocycles. The first-order chi connectivity index (χ1) is 7.41. The summed E-state index contributed by atoms with van der Waals surface area (Å²) in [5, 5.41) is 13.8. The van der Waals surface area contributed by atoms with Gasteiger partial charge in [-0.05, 0) is 35.7 Å². The van der Waals surface area contributed by atoms with E-state index in [0.29, 0.717) is 0 Å².